The first kappa shape index (κ1) is 18.7. The van der Waals surface area contributed by atoms with Gasteiger partial charge in [0, 0.05) is 17.9 Å². The van der Waals surface area contributed by atoms with Gasteiger partial charge in [-0.15, -0.1) is 0 Å². The molecule has 0 bridgehead atoms. The molecule has 0 radical (unpaired) electrons. The fourth-order valence-corrected chi connectivity index (χ4v) is 2.79. The van der Waals surface area contributed by atoms with Gasteiger partial charge in [0.15, 0.2) is 17.2 Å². The molecular weight excluding hydrogens is 386 g/mol. The summed E-state index contributed by atoms with van der Waals surface area (Å²) in [4.78, 5) is 22.2. The summed E-state index contributed by atoms with van der Waals surface area (Å²) in [5, 5.41) is 9.39. The highest BCUT2D eigenvalue weighted by Gasteiger charge is 2.24. The number of methoxy groups -OCH3 is 1. The Hall–Kier alpha value is -2.66. The van der Waals surface area contributed by atoms with Crippen molar-refractivity contribution < 1.29 is 9.53 Å². The molecule has 0 spiro atoms. The Kier molecular flexibility index (Phi) is 5.93. The van der Waals surface area contributed by atoms with Gasteiger partial charge in [-0.25, -0.2) is 0 Å². The highest BCUT2D eigenvalue weighted by atomic mass is 79.9. The topological polar surface area (TPSA) is 105 Å². The minimum atomic E-state index is -0.509. The molecule has 8 heteroatoms. The monoisotopic (exact) mass is 403 g/mol. The van der Waals surface area contributed by atoms with Crippen molar-refractivity contribution in [3.63, 3.8) is 0 Å². The second-order valence-electron chi connectivity index (χ2n) is 5.46. The molecule has 0 fully saturated rings. The summed E-state index contributed by atoms with van der Waals surface area (Å²) in [7, 11) is 3.08. The minimum absolute atomic E-state index is 0.0133. The molecule has 130 valence electrons. The number of hydrogen-bond donors (Lipinski definition) is 1. The van der Waals surface area contributed by atoms with Crippen molar-refractivity contribution in [3.05, 3.63) is 39.9 Å². The lowest BCUT2D eigenvalue weighted by molar-refractivity contribution is -0.119. The second-order valence-corrected chi connectivity index (χ2v) is 6.38. The highest BCUT2D eigenvalue weighted by Crippen LogP contribution is 2.27. The molecule has 0 saturated heterocycles. The lowest BCUT2D eigenvalue weighted by Crippen LogP contribution is -2.38. The molecule has 1 heterocycles. The predicted octanol–water partition coefficient (Wildman–Crippen LogP) is 2.34. The Morgan fingerprint density at radius 3 is 2.80 bits per heavy atom. The average Bonchev–Trinajstić information content (AvgIpc) is 2.59. The SMILES string of the molecule is COc1nc(N)nc(N(C)[C@@H](C)C(=O)Cc2cccc(Br)c2)c1C#N. The highest BCUT2D eigenvalue weighted by molar-refractivity contribution is 9.10. The molecule has 0 aliphatic heterocycles. The standard InChI is InChI=1S/C17H18BrN5O2/c1-10(14(24)8-11-5-4-6-12(18)7-11)23(2)15-13(9-19)16(25-3)22-17(20)21-15/h4-7,10H,8H2,1-3H3,(H2,20,21,22)/t10-/m0/s1. The molecule has 2 rings (SSSR count). The summed E-state index contributed by atoms with van der Waals surface area (Å²) in [6.45, 7) is 1.76. The van der Waals surface area contributed by atoms with Gasteiger partial charge in [-0.1, -0.05) is 28.1 Å². The maximum absolute atomic E-state index is 12.6. The third-order valence-electron chi connectivity index (χ3n) is 3.83. The molecule has 0 saturated carbocycles. The number of nitrogens with zero attached hydrogens (tertiary/aromatic N) is 4. The van der Waals surface area contributed by atoms with Gasteiger partial charge in [-0.05, 0) is 24.6 Å². The van der Waals surface area contributed by atoms with Crippen molar-refractivity contribution in [1.29, 1.82) is 5.26 Å². The Balaban J connectivity index is 2.28. The van der Waals surface area contributed by atoms with E-state index in [9.17, 15) is 10.1 Å². The van der Waals surface area contributed by atoms with Crippen LogP contribution in [0.1, 0.15) is 18.1 Å². The molecular formula is C17H18BrN5O2. The molecule has 2 N–H and O–H groups in total. The number of ketones is 1. The van der Waals surface area contributed by atoms with E-state index >= 15 is 0 Å². The van der Waals surface area contributed by atoms with E-state index < -0.39 is 6.04 Å². The third kappa shape index (κ3) is 4.25. The molecule has 2 aromatic rings. The molecule has 0 unspecified atom stereocenters. The summed E-state index contributed by atoms with van der Waals surface area (Å²) in [6, 6.07) is 9.07. The van der Waals surface area contributed by atoms with Crippen LogP contribution in [-0.4, -0.2) is 36.0 Å². The van der Waals surface area contributed by atoms with Gasteiger partial charge in [-0.2, -0.15) is 15.2 Å². The van der Waals surface area contributed by atoms with Crippen LogP contribution < -0.4 is 15.4 Å². The summed E-state index contributed by atoms with van der Waals surface area (Å²) in [5.41, 5.74) is 6.73. The number of halogens is 1. The fourth-order valence-electron chi connectivity index (χ4n) is 2.34. The van der Waals surface area contributed by atoms with Gasteiger partial charge in [0.2, 0.25) is 11.8 Å². The molecule has 1 aromatic heterocycles. The number of benzene rings is 1. The molecule has 1 aromatic carbocycles. The number of hydrogen-bond acceptors (Lipinski definition) is 7. The number of nitrogen functional groups attached to an aromatic ring is 1. The first-order valence-corrected chi connectivity index (χ1v) is 8.28. The third-order valence-corrected chi connectivity index (χ3v) is 4.32. The maximum atomic E-state index is 12.6. The first-order valence-electron chi connectivity index (χ1n) is 7.49. The van der Waals surface area contributed by atoms with Gasteiger partial charge < -0.3 is 15.4 Å². The number of likely N-dealkylation sites (N-methyl/N-ethyl adjacent to an activating group) is 1. The van der Waals surface area contributed by atoms with Crippen LogP contribution in [0.2, 0.25) is 0 Å². The van der Waals surface area contributed by atoms with E-state index in [-0.39, 0.29) is 35.4 Å². The fraction of sp³-hybridized carbons (Fsp3) is 0.294. The van der Waals surface area contributed by atoms with E-state index in [4.69, 9.17) is 10.5 Å². The largest absolute Gasteiger partial charge is 0.480 e. The van der Waals surface area contributed by atoms with Crippen LogP contribution in [0, 0.1) is 11.3 Å². The summed E-state index contributed by atoms with van der Waals surface area (Å²) >= 11 is 3.39. The smallest absolute Gasteiger partial charge is 0.238 e. The van der Waals surface area contributed by atoms with Gasteiger partial charge >= 0.3 is 0 Å². The molecule has 0 amide bonds. The number of ether oxygens (including phenoxy) is 1. The van der Waals surface area contributed by atoms with E-state index in [1.807, 2.05) is 30.3 Å². The van der Waals surface area contributed by atoms with Crippen LogP contribution in [0.25, 0.3) is 0 Å². The van der Waals surface area contributed by atoms with Gasteiger partial charge in [-0.3, -0.25) is 4.79 Å². The molecule has 0 aliphatic carbocycles. The Morgan fingerprint density at radius 1 is 1.48 bits per heavy atom. The Morgan fingerprint density at radius 2 is 2.20 bits per heavy atom. The van der Waals surface area contributed by atoms with Crippen molar-refractivity contribution in [2.45, 2.75) is 19.4 Å². The summed E-state index contributed by atoms with van der Waals surface area (Å²) in [5.74, 6) is 0.315. The second kappa shape index (κ2) is 7.94. The van der Waals surface area contributed by atoms with Crippen LogP contribution >= 0.6 is 15.9 Å². The molecule has 7 nitrogen and oxygen atoms in total. The first-order chi connectivity index (χ1) is 11.9. The zero-order chi connectivity index (χ0) is 18.6. The average molecular weight is 404 g/mol. The lowest BCUT2D eigenvalue weighted by Gasteiger charge is -2.26. The number of carbonyl (C=O) groups excluding carboxylic acids is 1. The number of nitriles is 1. The predicted molar refractivity (Wildman–Crippen MR) is 98.4 cm³/mol. The van der Waals surface area contributed by atoms with E-state index in [1.54, 1.807) is 18.9 Å². The summed E-state index contributed by atoms with van der Waals surface area (Å²) in [6.07, 6.45) is 0.268. The minimum Gasteiger partial charge on any atom is -0.480 e. The lowest BCUT2D eigenvalue weighted by atomic mass is 10.0. The van der Waals surface area contributed by atoms with Crippen molar-refractivity contribution in [2.75, 3.05) is 24.8 Å². The van der Waals surface area contributed by atoms with Crippen LogP contribution in [0.3, 0.4) is 0 Å². The van der Waals surface area contributed by atoms with Crippen LogP contribution in [0.15, 0.2) is 28.7 Å². The van der Waals surface area contributed by atoms with E-state index in [0.717, 1.165) is 10.0 Å². The van der Waals surface area contributed by atoms with Crippen molar-refractivity contribution in [1.82, 2.24) is 9.97 Å². The summed E-state index contributed by atoms with van der Waals surface area (Å²) < 4.78 is 6.00. The Bertz CT molecular complexity index is 834. The number of aromatic nitrogens is 2. The normalized spacial score (nSPS) is 11.5. The van der Waals surface area contributed by atoms with Gasteiger partial charge in [0.05, 0.1) is 13.2 Å². The van der Waals surface area contributed by atoms with Crippen molar-refractivity contribution >= 4 is 33.5 Å². The Labute approximate surface area is 154 Å². The van der Waals surface area contributed by atoms with Gasteiger partial charge in [0.1, 0.15) is 6.07 Å². The van der Waals surface area contributed by atoms with Crippen LogP contribution in [-0.2, 0) is 11.2 Å². The molecule has 0 aliphatic rings. The van der Waals surface area contributed by atoms with E-state index in [2.05, 4.69) is 25.9 Å². The van der Waals surface area contributed by atoms with Crippen molar-refractivity contribution in [2.24, 2.45) is 0 Å². The number of nitrogens with two attached hydrogens (primary N) is 1. The van der Waals surface area contributed by atoms with Gasteiger partial charge in [0.25, 0.3) is 0 Å². The number of Topliss-reactive ketones (excluding diaryl/α,β-unsaturated/α-hetero) is 1. The number of carbonyl (C=O) groups is 1. The van der Waals surface area contributed by atoms with Crippen LogP contribution in [0.5, 0.6) is 5.88 Å². The van der Waals surface area contributed by atoms with E-state index in [1.165, 1.54) is 7.11 Å². The zero-order valence-corrected chi connectivity index (χ0v) is 15.7. The number of rotatable bonds is 6. The van der Waals surface area contributed by atoms with Crippen LogP contribution in [0.4, 0.5) is 11.8 Å². The quantitative estimate of drug-likeness (QED) is 0.788. The molecule has 1 atom stereocenters. The van der Waals surface area contributed by atoms with E-state index in [0.29, 0.717) is 0 Å². The maximum Gasteiger partial charge on any atom is 0.238 e. The van der Waals surface area contributed by atoms with Crippen molar-refractivity contribution in [3.8, 4) is 11.9 Å². The zero-order valence-electron chi connectivity index (χ0n) is 14.2. The molecule has 25 heavy (non-hydrogen) atoms. The number of anilines is 2.